The number of hydrogen-bond donors (Lipinski definition) is 0. The van der Waals surface area contributed by atoms with Crippen molar-refractivity contribution in [2.75, 3.05) is 6.61 Å². The number of rotatable bonds is 4. The minimum Gasteiger partial charge on any atom is -0.462 e. The summed E-state index contributed by atoms with van der Waals surface area (Å²) in [5.74, 6) is -1.48. The number of aromatic nitrogens is 1. The number of ether oxygens (including phenoxy) is 2. The normalized spacial score (nSPS) is 11.3. The molecule has 0 bridgehead atoms. The van der Waals surface area contributed by atoms with Gasteiger partial charge in [0.2, 0.25) is 0 Å². The van der Waals surface area contributed by atoms with Gasteiger partial charge in [-0.3, -0.25) is 0 Å². The van der Waals surface area contributed by atoms with E-state index in [0.717, 1.165) is 0 Å². The van der Waals surface area contributed by atoms with E-state index in [1.165, 1.54) is 6.20 Å². The average Bonchev–Trinajstić information content (AvgIpc) is 2.27. The van der Waals surface area contributed by atoms with E-state index >= 15 is 0 Å². The number of nitrogens with zero attached hydrogens (tertiary/aromatic N) is 1. The second-order valence-corrected chi connectivity index (χ2v) is 4.76. The highest BCUT2D eigenvalue weighted by Crippen LogP contribution is 2.33. The first-order valence-corrected chi connectivity index (χ1v) is 7.16. The molecule has 0 atom stereocenters. The van der Waals surface area contributed by atoms with E-state index in [9.17, 15) is 18.0 Å². The predicted octanol–water partition coefficient (Wildman–Crippen LogP) is 3.66. The lowest BCUT2D eigenvalue weighted by atomic mass is 10.2. The van der Waals surface area contributed by atoms with Gasteiger partial charge in [0.15, 0.2) is 5.75 Å². The molecule has 0 aliphatic carbocycles. The Bertz CT molecular complexity index is 482. The van der Waals surface area contributed by atoms with Crippen molar-refractivity contribution in [1.29, 1.82) is 0 Å². The summed E-state index contributed by atoms with van der Waals surface area (Å²) in [6.45, 7) is 1.59. The maximum atomic E-state index is 12.4. The van der Waals surface area contributed by atoms with Crippen LogP contribution in [0.5, 0.6) is 5.75 Å². The van der Waals surface area contributed by atoms with Gasteiger partial charge in [0.1, 0.15) is 9.26 Å². The average molecular weight is 454 g/mol. The zero-order valence-corrected chi connectivity index (χ0v) is 13.3. The number of carbonyl (C=O) groups is 1. The summed E-state index contributed by atoms with van der Waals surface area (Å²) in [7, 11) is 0. The largest absolute Gasteiger partial charge is 0.573 e. The summed E-state index contributed by atoms with van der Waals surface area (Å²) in [4.78, 5) is 15.6. The smallest absolute Gasteiger partial charge is 0.462 e. The molecule has 1 heterocycles. The van der Waals surface area contributed by atoms with Crippen LogP contribution in [0.4, 0.5) is 13.2 Å². The van der Waals surface area contributed by atoms with E-state index in [1.807, 2.05) is 0 Å². The summed E-state index contributed by atoms with van der Waals surface area (Å²) in [6, 6.07) is 0. The Morgan fingerprint density at radius 2 is 2.16 bits per heavy atom. The third-order valence-corrected chi connectivity index (χ3v) is 3.32. The van der Waals surface area contributed by atoms with Crippen LogP contribution in [0, 0.1) is 3.70 Å². The molecule has 1 rings (SSSR count). The molecule has 0 N–H and O–H groups in total. The number of hydrogen-bond acceptors (Lipinski definition) is 4. The minimum atomic E-state index is -4.90. The lowest BCUT2D eigenvalue weighted by Gasteiger charge is -2.16. The van der Waals surface area contributed by atoms with Crippen molar-refractivity contribution in [2.24, 2.45) is 0 Å². The standard InChI is InChI=1S/C10H8BrF3INO3/c1-2-18-9(17)6-7(19-10(12,13)14)5(3-11)4-16-8(6)15/h4H,2-3H2,1H3. The van der Waals surface area contributed by atoms with Gasteiger partial charge in [-0.2, -0.15) is 0 Å². The molecule has 0 saturated carbocycles. The molecule has 0 spiro atoms. The fourth-order valence-corrected chi connectivity index (χ4v) is 2.22. The molecule has 0 fully saturated rings. The molecule has 0 amide bonds. The molecule has 19 heavy (non-hydrogen) atoms. The van der Waals surface area contributed by atoms with Gasteiger partial charge < -0.3 is 9.47 Å². The molecule has 0 aliphatic heterocycles. The molecule has 1 aromatic rings. The highest BCUT2D eigenvalue weighted by atomic mass is 127. The Labute approximate surface area is 128 Å². The quantitative estimate of drug-likeness (QED) is 0.302. The van der Waals surface area contributed by atoms with Crippen LogP contribution in [0.2, 0.25) is 0 Å². The number of halogens is 5. The Kier molecular flexibility index (Phi) is 5.83. The van der Waals surface area contributed by atoms with E-state index in [2.05, 4.69) is 25.7 Å². The fraction of sp³-hybridized carbons (Fsp3) is 0.400. The third kappa shape index (κ3) is 4.48. The number of alkyl halides is 4. The van der Waals surface area contributed by atoms with Gasteiger partial charge in [0.05, 0.1) is 6.61 Å². The van der Waals surface area contributed by atoms with E-state index in [4.69, 9.17) is 4.74 Å². The molecule has 0 aliphatic rings. The van der Waals surface area contributed by atoms with Crippen LogP contribution in [0.15, 0.2) is 6.20 Å². The number of pyridine rings is 1. The monoisotopic (exact) mass is 453 g/mol. The van der Waals surface area contributed by atoms with Crippen LogP contribution < -0.4 is 4.74 Å². The first-order chi connectivity index (χ1) is 8.80. The Hall–Kier alpha value is -0.580. The number of esters is 1. The van der Waals surface area contributed by atoms with Crippen LogP contribution in [-0.4, -0.2) is 23.9 Å². The Morgan fingerprint density at radius 3 is 2.63 bits per heavy atom. The van der Waals surface area contributed by atoms with Crippen molar-refractivity contribution in [3.05, 3.63) is 21.0 Å². The third-order valence-electron chi connectivity index (χ3n) is 1.90. The van der Waals surface area contributed by atoms with Crippen LogP contribution in [0.25, 0.3) is 0 Å². The van der Waals surface area contributed by atoms with Crippen molar-refractivity contribution in [3.8, 4) is 5.75 Å². The summed E-state index contributed by atoms with van der Waals surface area (Å²) < 4.78 is 45.9. The van der Waals surface area contributed by atoms with Crippen LogP contribution >= 0.6 is 38.5 Å². The molecular formula is C10H8BrF3INO3. The van der Waals surface area contributed by atoms with E-state index in [0.29, 0.717) is 0 Å². The molecule has 9 heteroatoms. The topological polar surface area (TPSA) is 48.4 Å². The first-order valence-electron chi connectivity index (χ1n) is 4.96. The molecule has 1 aromatic heterocycles. The zero-order valence-electron chi connectivity index (χ0n) is 9.55. The Balaban J connectivity index is 3.36. The molecule has 0 radical (unpaired) electrons. The van der Waals surface area contributed by atoms with Gasteiger partial charge in [-0.15, -0.1) is 13.2 Å². The van der Waals surface area contributed by atoms with Gasteiger partial charge in [0, 0.05) is 17.1 Å². The van der Waals surface area contributed by atoms with Crippen molar-refractivity contribution in [3.63, 3.8) is 0 Å². The summed E-state index contributed by atoms with van der Waals surface area (Å²) >= 11 is 4.67. The maximum absolute atomic E-state index is 12.4. The van der Waals surface area contributed by atoms with Gasteiger partial charge >= 0.3 is 12.3 Å². The fourth-order valence-electron chi connectivity index (χ4n) is 1.22. The van der Waals surface area contributed by atoms with Gasteiger partial charge in [-0.25, -0.2) is 9.78 Å². The van der Waals surface area contributed by atoms with E-state index in [-0.39, 0.29) is 26.8 Å². The van der Waals surface area contributed by atoms with Crippen molar-refractivity contribution < 1.29 is 27.4 Å². The van der Waals surface area contributed by atoms with Crippen molar-refractivity contribution in [1.82, 2.24) is 4.98 Å². The summed E-state index contributed by atoms with van der Waals surface area (Å²) in [5.41, 5.74) is -0.211. The van der Waals surface area contributed by atoms with E-state index in [1.54, 1.807) is 29.5 Å². The Morgan fingerprint density at radius 1 is 1.53 bits per heavy atom. The zero-order chi connectivity index (χ0) is 14.6. The predicted molar refractivity (Wildman–Crippen MR) is 72.2 cm³/mol. The first kappa shape index (κ1) is 16.5. The second-order valence-electron chi connectivity index (χ2n) is 3.18. The van der Waals surface area contributed by atoms with Crippen molar-refractivity contribution in [2.45, 2.75) is 18.6 Å². The lowest BCUT2D eigenvalue weighted by Crippen LogP contribution is -2.21. The highest BCUT2D eigenvalue weighted by Gasteiger charge is 2.35. The van der Waals surface area contributed by atoms with Crippen molar-refractivity contribution >= 4 is 44.5 Å². The molecule has 0 saturated heterocycles. The van der Waals surface area contributed by atoms with Gasteiger partial charge in [-0.05, 0) is 29.5 Å². The highest BCUT2D eigenvalue weighted by molar-refractivity contribution is 14.1. The van der Waals surface area contributed by atoms with Crippen LogP contribution in [0.3, 0.4) is 0 Å². The van der Waals surface area contributed by atoms with E-state index < -0.39 is 18.1 Å². The minimum absolute atomic E-state index is 0.0406. The summed E-state index contributed by atoms with van der Waals surface area (Å²) in [5, 5.41) is 0.0642. The molecule has 4 nitrogen and oxygen atoms in total. The molecule has 0 aromatic carbocycles. The molecular weight excluding hydrogens is 446 g/mol. The van der Waals surface area contributed by atoms with Crippen LogP contribution in [-0.2, 0) is 10.1 Å². The SMILES string of the molecule is CCOC(=O)c1c(I)ncc(CBr)c1OC(F)(F)F. The van der Waals surface area contributed by atoms with Crippen LogP contribution in [0.1, 0.15) is 22.8 Å². The second kappa shape index (κ2) is 6.73. The number of carbonyl (C=O) groups excluding carboxylic acids is 1. The maximum Gasteiger partial charge on any atom is 0.573 e. The molecule has 106 valence electrons. The summed E-state index contributed by atoms with van der Waals surface area (Å²) in [6.07, 6.45) is -3.69. The van der Waals surface area contributed by atoms with Gasteiger partial charge in [-0.1, -0.05) is 15.9 Å². The molecule has 0 unspecified atom stereocenters. The van der Waals surface area contributed by atoms with Gasteiger partial charge in [0.25, 0.3) is 0 Å². The lowest BCUT2D eigenvalue weighted by molar-refractivity contribution is -0.275.